The zero-order valence-electron chi connectivity index (χ0n) is 18.4. The molecule has 4 rings (SSSR count). The van der Waals surface area contributed by atoms with E-state index < -0.39 is 17.6 Å². The number of hydrogen-bond acceptors (Lipinski definition) is 6. The Morgan fingerprint density at radius 2 is 1.59 bits per heavy atom. The van der Waals surface area contributed by atoms with Crippen molar-refractivity contribution < 1.29 is 28.2 Å². The Morgan fingerprint density at radius 1 is 0.938 bits per heavy atom. The Bertz CT molecular complexity index is 1070. The molecule has 0 bridgehead atoms. The van der Waals surface area contributed by atoms with Crippen LogP contribution in [0, 0.1) is 5.82 Å². The van der Waals surface area contributed by atoms with E-state index >= 15 is 0 Å². The molecule has 0 N–H and O–H groups in total. The van der Waals surface area contributed by atoms with E-state index in [0.717, 1.165) is 4.90 Å². The van der Waals surface area contributed by atoms with Crippen LogP contribution in [-0.4, -0.2) is 56.2 Å². The maximum atomic E-state index is 13.7. The first-order valence-electron chi connectivity index (χ1n) is 10.4. The molecule has 8 heteroatoms. The monoisotopic (exact) mass is 440 g/mol. The van der Waals surface area contributed by atoms with Crippen LogP contribution >= 0.6 is 0 Å². The number of methoxy groups -OCH3 is 2. The van der Waals surface area contributed by atoms with Gasteiger partial charge in [0, 0.05) is 19.2 Å². The van der Waals surface area contributed by atoms with E-state index in [1.165, 1.54) is 38.5 Å². The molecule has 0 radical (unpaired) electrons. The number of amides is 2. The maximum absolute atomic E-state index is 13.7. The van der Waals surface area contributed by atoms with Gasteiger partial charge in [-0.25, -0.2) is 9.29 Å². The summed E-state index contributed by atoms with van der Waals surface area (Å²) < 4.78 is 30.1. The van der Waals surface area contributed by atoms with Gasteiger partial charge < -0.3 is 19.1 Å². The molecule has 2 heterocycles. The highest BCUT2D eigenvalue weighted by molar-refractivity contribution is 6.45. The largest absolute Gasteiger partial charge is 0.497 e. The van der Waals surface area contributed by atoms with Crippen molar-refractivity contribution in [3.8, 4) is 11.5 Å². The third-order valence-electron chi connectivity index (χ3n) is 5.56. The molecule has 7 nitrogen and oxygen atoms in total. The number of hydrogen-bond donors (Lipinski definition) is 0. The Labute approximate surface area is 186 Å². The van der Waals surface area contributed by atoms with Crippen LogP contribution in [0.15, 0.2) is 48.2 Å². The van der Waals surface area contributed by atoms with Gasteiger partial charge in [-0.05, 0) is 43.7 Å². The van der Waals surface area contributed by atoms with Crippen LogP contribution in [0.3, 0.4) is 0 Å². The van der Waals surface area contributed by atoms with Crippen LogP contribution in [0.1, 0.15) is 19.4 Å². The van der Waals surface area contributed by atoms with E-state index in [9.17, 15) is 14.0 Å². The molecule has 0 aromatic heterocycles. The maximum Gasteiger partial charge on any atom is 0.282 e. The Hall–Kier alpha value is -3.39. The Kier molecular flexibility index (Phi) is 5.88. The minimum absolute atomic E-state index is 0.117. The Morgan fingerprint density at radius 3 is 2.19 bits per heavy atom. The molecule has 2 aliphatic heterocycles. The molecule has 2 aromatic rings. The van der Waals surface area contributed by atoms with Gasteiger partial charge in [-0.1, -0.05) is 12.1 Å². The molecule has 2 aromatic carbocycles. The van der Waals surface area contributed by atoms with Crippen LogP contribution in [0.25, 0.3) is 5.57 Å². The molecule has 0 spiro atoms. The third-order valence-corrected chi connectivity index (χ3v) is 5.56. The lowest BCUT2D eigenvalue weighted by Gasteiger charge is -2.37. The van der Waals surface area contributed by atoms with Crippen molar-refractivity contribution in [2.45, 2.75) is 26.1 Å². The summed E-state index contributed by atoms with van der Waals surface area (Å²) in [6, 6.07) is 10.5. The Balaban J connectivity index is 1.84. The molecule has 2 amide bonds. The molecular formula is C24H25FN2O5. The fourth-order valence-electron chi connectivity index (χ4n) is 4.24. The molecule has 0 aliphatic carbocycles. The molecule has 0 saturated carbocycles. The van der Waals surface area contributed by atoms with E-state index in [1.807, 2.05) is 18.7 Å². The molecule has 32 heavy (non-hydrogen) atoms. The number of halogens is 1. The summed E-state index contributed by atoms with van der Waals surface area (Å²) in [6.45, 7) is 4.76. The topological polar surface area (TPSA) is 68.3 Å². The van der Waals surface area contributed by atoms with Crippen LogP contribution in [0.2, 0.25) is 0 Å². The SMILES string of the molecule is COc1ccc(N2C(=O)C(c3ccc(F)cc3)=C(N3CC(C)OC(C)C3)C2=O)c(OC)c1. The summed E-state index contributed by atoms with van der Waals surface area (Å²) in [5, 5.41) is 0. The zero-order chi connectivity index (χ0) is 23.0. The summed E-state index contributed by atoms with van der Waals surface area (Å²) in [4.78, 5) is 30.3. The van der Waals surface area contributed by atoms with Crippen LogP contribution in [0.4, 0.5) is 10.1 Å². The highest BCUT2D eigenvalue weighted by Gasteiger charge is 2.44. The highest BCUT2D eigenvalue weighted by atomic mass is 19.1. The summed E-state index contributed by atoms with van der Waals surface area (Å²) >= 11 is 0. The summed E-state index contributed by atoms with van der Waals surface area (Å²) in [5.41, 5.74) is 1.30. The van der Waals surface area contributed by atoms with Crippen molar-refractivity contribution in [1.29, 1.82) is 0 Å². The minimum atomic E-state index is -0.494. The fourth-order valence-corrected chi connectivity index (χ4v) is 4.24. The standard InChI is InChI=1S/C24H25FN2O5/c1-14-12-26(13-15(2)32-14)22-21(16-5-7-17(25)8-6-16)23(28)27(24(22)29)19-10-9-18(30-3)11-20(19)31-4/h5-11,14-15H,12-13H2,1-4H3. The first kappa shape index (κ1) is 21.8. The average molecular weight is 440 g/mol. The minimum Gasteiger partial charge on any atom is -0.497 e. The van der Waals surface area contributed by atoms with Crippen molar-refractivity contribution in [2.75, 3.05) is 32.2 Å². The molecule has 168 valence electrons. The number of anilines is 1. The lowest BCUT2D eigenvalue weighted by atomic mass is 10.0. The second-order valence-electron chi connectivity index (χ2n) is 7.88. The predicted molar refractivity (Wildman–Crippen MR) is 117 cm³/mol. The smallest absolute Gasteiger partial charge is 0.282 e. The van der Waals surface area contributed by atoms with Gasteiger partial charge >= 0.3 is 0 Å². The van der Waals surface area contributed by atoms with Crippen molar-refractivity contribution in [1.82, 2.24) is 4.90 Å². The lowest BCUT2D eigenvalue weighted by Crippen LogP contribution is -2.47. The van der Waals surface area contributed by atoms with Gasteiger partial charge in [0.05, 0.1) is 37.7 Å². The first-order chi connectivity index (χ1) is 15.3. The third kappa shape index (κ3) is 3.82. The number of carbonyl (C=O) groups excluding carboxylic acids is 2. The van der Waals surface area contributed by atoms with E-state index in [4.69, 9.17) is 14.2 Å². The van der Waals surface area contributed by atoms with Crippen molar-refractivity contribution in [3.05, 3.63) is 59.5 Å². The van der Waals surface area contributed by atoms with Crippen molar-refractivity contribution in [2.24, 2.45) is 0 Å². The second-order valence-corrected chi connectivity index (χ2v) is 7.88. The summed E-state index contributed by atoms with van der Waals surface area (Å²) in [7, 11) is 2.98. The van der Waals surface area contributed by atoms with Crippen LogP contribution < -0.4 is 14.4 Å². The number of nitrogens with zero attached hydrogens (tertiary/aromatic N) is 2. The molecule has 2 atom stereocenters. The van der Waals surface area contributed by atoms with Gasteiger partial charge in [0.1, 0.15) is 23.0 Å². The van der Waals surface area contributed by atoms with Gasteiger partial charge in [-0.3, -0.25) is 9.59 Å². The molecule has 2 aliphatic rings. The van der Waals surface area contributed by atoms with Crippen LogP contribution in [0.5, 0.6) is 11.5 Å². The molecule has 2 unspecified atom stereocenters. The van der Waals surface area contributed by atoms with Gasteiger partial charge in [-0.15, -0.1) is 0 Å². The van der Waals surface area contributed by atoms with Gasteiger partial charge in [-0.2, -0.15) is 0 Å². The average Bonchev–Trinajstić information content (AvgIpc) is 3.03. The van der Waals surface area contributed by atoms with E-state index in [2.05, 4.69) is 0 Å². The first-order valence-corrected chi connectivity index (χ1v) is 10.4. The van der Waals surface area contributed by atoms with Gasteiger partial charge in [0.25, 0.3) is 11.8 Å². The predicted octanol–water partition coefficient (Wildman–Crippen LogP) is 3.24. The normalized spacial score (nSPS) is 21.4. The number of morpholine rings is 1. The highest BCUT2D eigenvalue weighted by Crippen LogP contribution is 2.40. The lowest BCUT2D eigenvalue weighted by molar-refractivity contribution is -0.121. The molecular weight excluding hydrogens is 415 g/mol. The number of carbonyl (C=O) groups is 2. The van der Waals surface area contributed by atoms with Crippen LogP contribution in [-0.2, 0) is 14.3 Å². The summed E-state index contributed by atoms with van der Waals surface area (Å²) in [6.07, 6.45) is -0.235. The summed E-state index contributed by atoms with van der Waals surface area (Å²) in [5.74, 6) is -0.511. The quantitative estimate of drug-likeness (QED) is 0.665. The number of imide groups is 1. The van der Waals surface area contributed by atoms with Gasteiger partial charge in [0.15, 0.2) is 0 Å². The molecule has 1 fully saturated rings. The zero-order valence-corrected chi connectivity index (χ0v) is 18.4. The van der Waals surface area contributed by atoms with Gasteiger partial charge in [0.2, 0.25) is 0 Å². The van der Waals surface area contributed by atoms with Crippen molar-refractivity contribution >= 4 is 23.1 Å². The van der Waals surface area contributed by atoms with Crippen molar-refractivity contribution in [3.63, 3.8) is 0 Å². The number of rotatable bonds is 5. The second kappa shape index (κ2) is 8.63. The fraction of sp³-hybridized carbons (Fsp3) is 0.333. The number of benzene rings is 2. The van der Waals surface area contributed by atoms with E-state index in [1.54, 1.807) is 18.2 Å². The number of ether oxygens (including phenoxy) is 3. The van der Waals surface area contributed by atoms with E-state index in [-0.39, 0.29) is 23.5 Å². The van der Waals surface area contributed by atoms with E-state index in [0.29, 0.717) is 35.8 Å². The molecule has 1 saturated heterocycles.